The van der Waals surface area contributed by atoms with Crippen LogP contribution in [-0.2, 0) is 35.3 Å². The number of amides is 2. The van der Waals surface area contributed by atoms with Crippen molar-refractivity contribution < 1.29 is 35.9 Å². The summed E-state index contributed by atoms with van der Waals surface area (Å²) in [4.78, 5) is 50.8. The van der Waals surface area contributed by atoms with Crippen LogP contribution in [0.15, 0.2) is 38.0 Å². The molecule has 11 nitrogen and oxygen atoms in total. The molecule has 2 aliphatic rings. The maximum absolute atomic E-state index is 12.9. The van der Waals surface area contributed by atoms with Crippen molar-refractivity contribution in [3.63, 3.8) is 0 Å². The summed E-state index contributed by atoms with van der Waals surface area (Å²) >= 11 is 0. The van der Waals surface area contributed by atoms with Crippen molar-refractivity contribution in [2.45, 2.75) is 18.9 Å². The monoisotopic (exact) mass is 471 g/mol. The zero-order valence-electron chi connectivity index (χ0n) is 16.7. The van der Waals surface area contributed by atoms with Gasteiger partial charge in [0.05, 0.1) is 29.5 Å². The van der Waals surface area contributed by atoms with Crippen LogP contribution in [0.1, 0.15) is 33.6 Å². The maximum Gasteiger partial charge on any atom is 2.00 e. The molecule has 1 atom stereocenters. The van der Waals surface area contributed by atoms with Crippen LogP contribution in [0.5, 0.6) is 5.88 Å². The molecule has 4 rings (SSSR count). The molecular formula is C19H19N5NiO6+2. The van der Waals surface area contributed by atoms with Gasteiger partial charge in [-0.15, -0.1) is 10.2 Å². The molecule has 0 aliphatic carbocycles. The van der Waals surface area contributed by atoms with E-state index in [-0.39, 0.29) is 46.0 Å². The third-order valence-electron chi connectivity index (χ3n) is 5.26. The molecule has 31 heavy (non-hydrogen) atoms. The summed E-state index contributed by atoms with van der Waals surface area (Å²) < 4.78 is 7.15. The van der Waals surface area contributed by atoms with Gasteiger partial charge in [0.25, 0.3) is 17.4 Å². The van der Waals surface area contributed by atoms with E-state index in [4.69, 9.17) is 4.74 Å². The number of hydrogen-bond donors (Lipinski definition) is 1. The van der Waals surface area contributed by atoms with Gasteiger partial charge in [-0.1, -0.05) is 6.07 Å². The van der Waals surface area contributed by atoms with Crippen LogP contribution >= 0.6 is 0 Å². The van der Waals surface area contributed by atoms with Crippen molar-refractivity contribution >= 4 is 23.2 Å². The molecule has 0 radical (unpaired) electrons. The quantitative estimate of drug-likeness (QED) is 0.401. The molecule has 1 saturated heterocycles. The van der Waals surface area contributed by atoms with Gasteiger partial charge in [0.15, 0.2) is 0 Å². The van der Waals surface area contributed by atoms with E-state index >= 15 is 0 Å². The van der Waals surface area contributed by atoms with Gasteiger partial charge in [-0.05, 0) is 25.0 Å². The third kappa shape index (κ3) is 3.72. The molecule has 0 spiro atoms. The second-order valence-electron chi connectivity index (χ2n) is 7.13. The number of rotatable bonds is 4. The van der Waals surface area contributed by atoms with E-state index in [1.165, 1.54) is 26.2 Å². The van der Waals surface area contributed by atoms with Gasteiger partial charge < -0.3 is 9.84 Å². The van der Waals surface area contributed by atoms with E-state index in [0.717, 1.165) is 26.9 Å². The van der Waals surface area contributed by atoms with Crippen LogP contribution in [0.25, 0.3) is 0 Å². The van der Waals surface area contributed by atoms with Gasteiger partial charge >= 0.3 is 22.2 Å². The SMILES string of the molecule is Cn1c(O)c(N=Nc2cccc3c2C(=O)N(CC2CCCO2)C3=O)c(=O)n(C)c1=O.[Ni+2]. The summed E-state index contributed by atoms with van der Waals surface area (Å²) in [6.07, 6.45) is 1.46. The molecule has 1 fully saturated rings. The molecular weight excluding hydrogens is 453 g/mol. The Morgan fingerprint density at radius 2 is 1.84 bits per heavy atom. The Bertz CT molecular complexity index is 1210. The zero-order chi connectivity index (χ0) is 21.6. The predicted molar refractivity (Wildman–Crippen MR) is 104 cm³/mol. The predicted octanol–water partition coefficient (Wildman–Crippen LogP) is 0.977. The Labute approximate surface area is 185 Å². The minimum absolute atomic E-state index is 0. The molecule has 0 bridgehead atoms. The number of ether oxygens (including phenoxy) is 1. The maximum atomic E-state index is 12.9. The number of carbonyl (C=O) groups excluding carboxylic acids is 2. The number of aromatic hydroxyl groups is 1. The van der Waals surface area contributed by atoms with Gasteiger partial charge in [-0.25, -0.2) is 4.79 Å². The average Bonchev–Trinajstić information content (AvgIpc) is 3.34. The molecule has 1 N–H and O–H groups in total. The summed E-state index contributed by atoms with van der Waals surface area (Å²) in [5.74, 6) is -1.61. The first kappa shape index (κ1) is 22.6. The molecule has 1 unspecified atom stereocenters. The van der Waals surface area contributed by atoms with E-state index < -0.39 is 34.6 Å². The Kier molecular flexibility index (Phi) is 6.23. The van der Waals surface area contributed by atoms with Gasteiger partial charge in [-0.2, -0.15) is 0 Å². The largest absolute Gasteiger partial charge is 2.00 e. The van der Waals surface area contributed by atoms with Crippen molar-refractivity contribution in [2.24, 2.45) is 24.3 Å². The number of imide groups is 1. The zero-order valence-corrected chi connectivity index (χ0v) is 17.7. The van der Waals surface area contributed by atoms with E-state index in [1.54, 1.807) is 6.07 Å². The summed E-state index contributed by atoms with van der Waals surface area (Å²) in [5, 5.41) is 17.8. The Hall–Kier alpha value is -3.11. The first-order valence-electron chi connectivity index (χ1n) is 9.32. The van der Waals surface area contributed by atoms with E-state index in [2.05, 4.69) is 10.2 Å². The molecule has 2 amide bonds. The number of hydrogen-bond acceptors (Lipinski definition) is 8. The summed E-state index contributed by atoms with van der Waals surface area (Å²) in [5.41, 5.74) is -1.67. The van der Waals surface area contributed by atoms with Crippen LogP contribution in [0.4, 0.5) is 11.4 Å². The number of fused-ring (bicyclic) bond motifs is 1. The van der Waals surface area contributed by atoms with Gasteiger partial charge in [0.2, 0.25) is 11.6 Å². The van der Waals surface area contributed by atoms with E-state index in [0.29, 0.717) is 6.61 Å². The van der Waals surface area contributed by atoms with Crippen molar-refractivity contribution in [3.8, 4) is 5.88 Å². The second kappa shape index (κ2) is 8.56. The first-order valence-corrected chi connectivity index (χ1v) is 9.32. The Morgan fingerprint density at radius 3 is 2.52 bits per heavy atom. The van der Waals surface area contributed by atoms with Crippen molar-refractivity contribution in [1.29, 1.82) is 0 Å². The minimum Gasteiger partial charge on any atom is -0.493 e. The molecule has 3 heterocycles. The average molecular weight is 472 g/mol. The van der Waals surface area contributed by atoms with Crippen LogP contribution < -0.4 is 11.2 Å². The molecule has 2 aliphatic heterocycles. The molecule has 1 aromatic carbocycles. The number of benzene rings is 1. The number of aromatic nitrogens is 2. The van der Waals surface area contributed by atoms with E-state index in [9.17, 15) is 24.3 Å². The standard InChI is InChI=1S/C19H19N5O6.Ni/c1-22-17(27)14(18(28)23(2)19(22)29)21-20-12-7-3-6-11-13(12)16(26)24(15(11)25)9-10-5-4-8-30-10;/h3,6-7,10,27H,4-5,8-9H2,1-2H3;/q;+2. The topological polar surface area (TPSA) is 136 Å². The third-order valence-corrected chi connectivity index (χ3v) is 5.26. The number of carbonyl (C=O) groups is 2. The Balaban J connectivity index is 0.00000272. The van der Waals surface area contributed by atoms with Gasteiger partial charge in [0.1, 0.15) is 0 Å². The fourth-order valence-corrected chi connectivity index (χ4v) is 3.56. The molecule has 12 heteroatoms. The molecule has 2 aromatic rings. The van der Waals surface area contributed by atoms with Gasteiger partial charge in [0, 0.05) is 20.7 Å². The van der Waals surface area contributed by atoms with E-state index in [1.807, 2.05) is 0 Å². The fourth-order valence-electron chi connectivity index (χ4n) is 3.56. The summed E-state index contributed by atoms with van der Waals surface area (Å²) in [7, 11) is 2.52. The fraction of sp³-hybridized carbons (Fsp3) is 0.368. The Morgan fingerprint density at radius 1 is 1.10 bits per heavy atom. The van der Waals surface area contributed by atoms with Crippen LogP contribution in [0.3, 0.4) is 0 Å². The normalized spacial score (nSPS) is 18.0. The van der Waals surface area contributed by atoms with Gasteiger partial charge in [-0.3, -0.25) is 28.4 Å². The first-order chi connectivity index (χ1) is 14.3. The van der Waals surface area contributed by atoms with Crippen LogP contribution in [-0.4, -0.2) is 50.2 Å². The number of nitrogens with zero attached hydrogens (tertiary/aromatic N) is 5. The van der Waals surface area contributed by atoms with Crippen molar-refractivity contribution in [2.75, 3.05) is 13.2 Å². The molecule has 0 saturated carbocycles. The summed E-state index contributed by atoms with van der Waals surface area (Å²) in [6, 6.07) is 4.55. The van der Waals surface area contributed by atoms with Crippen molar-refractivity contribution in [1.82, 2.24) is 14.0 Å². The van der Waals surface area contributed by atoms with Crippen LogP contribution in [0, 0.1) is 0 Å². The molecule has 1 aromatic heterocycles. The molecule has 164 valence electrons. The van der Waals surface area contributed by atoms with Crippen LogP contribution in [0.2, 0.25) is 0 Å². The smallest absolute Gasteiger partial charge is 0.493 e. The number of azo groups is 1. The van der Waals surface area contributed by atoms with Crippen molar-refractivity contribution in [3.05, 3.63) is 50.2 Å². The second-order valence-corrected chi connectivity index (χ2v) is 7.13. The minimum atomic E-state index is -0.839. The summed E-state index contributed by atoms with van der Waals surface area (Å²) in [6.45, 7) is 0.760.